The van der Waals surface area contributed by atoms with Gasteiger partial charge in [-0.1, -0.05) is 6.07 Å². The van der Waals surface area contributed by atoms with E-state index in [1.54, 1.807) is 46.2 Å². The van der Waals surface area contributed by atoms with Crippen LogP contribution in [0.2, 0.25) is 0 Å². The first-order chi connectivity index (χ1) is 12.2. The maximum Gasteiger partial charge on any atom is 0.254 e. The normalized spacial score (nSPS) is 10.8. The smallest absolute Gasteiger partial charge is 0.254 e. The molecule has 3 rings (SSSR count). The standard InChI is InChI=1S/C17H20N6O2/c1-21-10-14(9-20-21)11-22(6-7-25-2)17(24)15-4-3-5-16(8-15)23-12-18-19-13-23/h3-5,8-10,12-13H,6-7,11H2,1-2H3. The number of nitrogens with zero attached hydrogens (tertiary/aromatic N) is 6. The number of aromatic nitrogens is 5. The van der Waals surface area contributed by atoms with Gasteiger partial charge in [-0.3, -0.25) is 14.0 Å². The van der Waals surface area contributed by atoms with Crippen molar-refractivity contribution < 1.29 is 9.53 Å². The van der Waals surface area contributed by atoms with Crippen molar-refractivity contribution >= 4 is 5.91 Å². The number of carbonyl (C=O) groups is 1. The summed E-state index contributed by atoms with van der Waals surface area (Å²) < 4.78 is 8.63. The van der Waals surface area contributed by atoms with E-state index in [0.717, 1.165) is 11.3 Å². The topological polar surface area (TPSA) is 78.1 Å². The van der Waals surface area contributed by atoms with Crippen LogP contribution >= 0.6 is 0 Å². The second-order valence-corrected chi connectivity index (χ2v) is 5.66. The molecule has 0 spiro atoms. The van der Waals surface area contributed by atoms with E-state index in [4.69, 9.17) is 4.74 Å². The molecule has 0 bridgehead atoms. The largest absolute Gasteiger partial charge is 0.383 e. The molecule has 2 heterocycles. The molecule has 0 saturated carbocycles. The first-order valence-electron chi connectivity index (χ1n) is 7.88. The lowest BCUT2D eigenvalue weighted by Gasteiger charge is -2.22. The molecule has 0 fully saturated rings. The summed E-state index contributed by atoms with van der Waals surface area (Å²) in [5.41, 5.74) is 2.41. The molecule has 0 saturated heterocycles. The maximum absolute atomic E-state index is 13.0. The van der Waals surface area contributed by atoms with Crippen LogP contribution in [-0.4, -0.2) is 55.6 Å². The average Bonchev–Trinajstić information content (AvgIpc) is 3.30. The number of ether oxygens (including phenoxy) is 1. The van der Waals surface area contributed by atoms with E-state index < -0.39 is 0 Å². The summed E-state index contributed by atoms with van der Waals surface area (Å²) in [5.74, 6) is -0.0594. The Bertz CT molecular complexity index is 827. The van der Waals surface area contributed by atoms with Crippen LogP contribution in [0.25, 0.3) is 5.69 Å². The van der Waals surface area contributed by atoms with Gasteiger partial charge in [0, 0.05) is 50.3 Å². The van der Waals surface area contributed by atoms with E-state index in [1.165, 1.54) is 0 Å². The fourth-order valence-electron chi connectivity index (χ4n) is 2.54. The molecule has 1 aromatic carbocycles. The summed E-state index contributed by atoms with van der Waals surface area (Å²) in [6.07, 6.45) is 6.87. The van der Waals surface area contributed by atoms with Crippen LogP contribution in [0, 0.1) is 0 Å². The Morgan fingerprint density at radius 2 is 2.08 bits per heavy atom. The van der Waals surface area contributed by atoms with Gasteiger partial charge in [-0.15, -0.1) is 10.2 Å². The predicted octanol–water partition coefficient (Wildman–Crippen LogP) is 1.29. The van der Waals surface area contributed by atoms with Gasteiger partial charge >= 0.3 is 0 Å². The summed E-state index contributed by atoms with van der Waals surface area (Å²) in [6, 6.07) is 7.38. The van der Waals surface area contributed by atoms with Crippen LogP contribution in [-0.2, 0) is 18.3 Å². The molecule has 0 N–H and O–H groups in total. The molecular weight excluding hydrogens is 320 g/mol. The summed E-state index contributed by atoms with van der Waals surface area (Å²) in [4.78, 5) is 14.7. The summed E-state index contributed by atoms with van der Waals surface area (Å²) in [5, 5.41) is 11.8. The summed E-state index contributed by atoms with van der Waals surface area (Å²) in [7, 11) is 3.48. The lowest BCUT2D eigenvalue weighted by Crippen LogP contribution is -2.33. The van der Waals surface area contributed by atoms with E-state index in [1.807, 2.05) is 31.4 Å². The minimum atomic E-state index is -0.0594. The molecule has 0 radical (unpaired) electrons. The third kappa shape index (κ3) is 4.10. The molecule has 8 nitrogen and oxygen atoms in total. The molecule has 0 aliphatic carbocycles. The Morgan fingerprint density at radius 1 is 1.28 bits per heavy atom. The molecular formula is C17H20N6O2. The van der Waals surface area contributed by atoms with Crippen molar-refractivity contribution in [1.29, 1.82) is 0 Å². The highest BCUT2D eigenvalue weighted by molar-refractivity contribution is 5.94. The van der Waals surface area contributed by atoms with Crippen molar-refractivity contribution in [3.63, 3.8) is 0 Å². The van der Waals surface area contributed by atoms with Crippen LogP contribution in [0.4, 0.5) is 0 Å². The summed E-state index contributed by atoms with van der Waals surface area (Å²) >= 11 is 0. The lowest BCUT2D eigenvalue weighted by atomic mass is 10.1. The Balaban J connectivity index is 1.82. The number of aryl methyl sites for hydroxylation is 1. The SMILES string of the molecule is COCCN(Cc1cnn(C)c1)C(=O)c1cccc(-n2cnnc2)c1. The number of rotatable bonds is 7. The zero-order valence-corrected chi connectivity index (χ0v) is 14.2. The summed E-state index contributed by atoms with van der Waals surface area (Å²) in [6.45, 7) is 1.45. The lowest BCUT2D eigenvalue weighted by molar-refractivity contribution is 0.0680. The molecule has 25 heavy (non-hydrogen) atoms. The van der Waals surface area contributed by atoms with E-state index in [-0.39, 0.29) is 5.91 Å². The second kappa shape index (κ2) is 7.71. The van der Waals surface area contributed by atoms with Crippen LogP contribution < -0.4 is 0 Å². The maximum atomic E-state index is 13.0. The van der Waals surface area contributed by atoms with Crippen LogP contribution in [0.15, 0.2) is 49.3 Å². The van der Waals surface area contributed by atoms with E-state index >= 15 is 0 Å². The van der Waals surface area contributed by atoms with Gasteiger partial charge in [-0.2, -0.15) is 5.10 Å². The Morgan fingerprint density at radius 3 is 2.76 bits per heavy atom. The minimum absolute atomic E-state index is 0.0594. The average molecular weight is 340 g/mol. The van der Waals surface area contributed by atoms with Crippen LogP contribution in [0.1, 0.15) is 15.9 Å². The Labute approximate surface area is 145 Å². The zero-order chi connectivity index (χ0) is 17.6. The minimum Gasteiger partial charge on any atom is -0.383 e. The molecule has 0 unspecified atom stereocenters. The van der Waals surface area contributed by atoms with Gasteiger partial charge in [0.1, 0.15) is 12.7 Å². The van der Waals surface area contributed by atoms with Crippen molar-refractivity contribution in [2.75, 3.05) is 20.3 Å². The van der Waals surface area contributed by atoms with Gasteiger partial charge < -0.3 is 9.64 Å². The highest BCUT2D eigenvalue weighted by Crippen LogP contribution is 2.14. The van der Waals surface area contributed by atoms with Gasteiger partial charge in [-0.25, -0.2) is 0 Å². The van der Waals surface area contributed by atoms with Crippen molar-refractivity contribution in [3.8, 4) is 5.69 Å². The highest BCUT2D eigenvalue weighted by Gasteiger charge is 2.17. The zero-order valence-electron chi connectivity index (χ0n) is 14.2. The van der Waals surface area contributed by atoms with Gasteiger partial charge in [0.05, 0.1) is 12.8 Å². The fourth-order valence-corrected chi connectivity index (χ4v) is 2.54. The van der Waals surface area contributed by atoms with Gasteiger partial charge in [-0.05, 0) is 18.2 Å². The monoisotopic (exact) mass is 340 g/mol. The van der Waals surface area contributed by atoms with E-state index in [9.17, 15) is 4.79 Å². The Kier molecular flexibility index (Phi) is 5.20. The van der Waals surface area contributed by atoms with Crippen molar-refractivity contribution in [2.24, 2.45) is 7.05 Å². The number of hydrogen-bond donors (Lipinski definition) is 0. The second-order valence-electron chi connectivity index (χ2n) is 5.66. The van der Waals surface area contributed by atoms with Gasteiger partial charge in [0.25, 0.3) is 5.91 Å². The molecule has 130 valence electrons. The van der Waals surface area contributed by atoms with E-state index in [0.29, 0.717) is 25.3 Å². The highest BCUT2D eigenvalue weighted by atomic mass is 16.5. The van der Waals surface area contributed by atoms with Crippen LogP contribution in [0.3, 0.4) is 0 Å². The molecule has 2 aromatic heterocycles. The number of benzene rings is 1. The van der Waals surface area contributed by atoms with Crippen molar-refractivity contribution in [3.05, 3.63) is 60.4 Å². The number of carbonyl (C=O) groups excluding carboxylic acids is 1. The first-order valence-corrected chi connectivity index (χ1v) is 7.88. The molecule has 0 aliphatic rings. The predicted molar refractivity (Wildman–Crippen MR) is 91.2 cm³/mol. The number of methoxy groups -OCH3 is 1. The van der Waals surface area contributed by atoms with Crippen molar-refractivity contribution in [1.82, 2.24) is 29.4 Å². The number of hydrogen-bond acceptors (Lipinski definition) is 5. The Hall–Kier alpha value is -3.00. The van der Waals surface area contributed by atoms with E-state index in [2.05, 4.69) is 15.3 Å². The van der Waals surface area contributed by atoms with Crippen molar-refractivity contribution in [2.45, 2.75) is 6.54 Å². The first kappa shape index (κ1) is 16.8. The molecule has 0 aliphatic heterocycles. The van der Waals surface area contributed by atoms with Gasteiger partial charge in [0.15, 0.2) is 0 Å². The number of amides is 1. The molecule has 3 aromatic rings. The fraction of sp³-hybridized carbons (Fsp3) is 0.294. The van der Waals surface area contributed by atoms with Crippen LogP contribution in [0.5, 0.6) is 0 Å². The quantitative estimate of drug-likeness (QED) is 0.648. The van der Waals surface area contributed by atoms with Gasteiger partial charge in [0.2, 0.25) is 0 Å². The third-order valence-electron chi connectivity index (χ3n) is 3.79. The third-order valence-corrected chi connectivity index (χ3v) is 3.79. The molecule has 1 amide bonds. The molecule has 0 atom stereocenters. The molecule has 8 heteroatoms.